The molecule has 0 unspecified atom stereocenters. The van der Waals surface area contributed by atoms with Crippen LogP contribution in [0.1, 0.15) is 17.2 Å². The molecule has 1 aliphatic heterocycles. The van der Waals surface area contributed by atoms with E-state index in [2.05, 4.69) is 0 Å². The van der Waals surface area contributed by atoms with Crippen LogP contribution in [0.3, 0.4) is 0 Å². The summed E-state index contributed by atoms with van der Waals surface area (Å²) in [6.07, 6.45) is 0. The molecule has 0 saturated carbocycles. The maximum absolute atomic E-state index is 9.78. The van der Waals surface area contributed by atoms with E-state index in [0.717, 1.165) is 22.5 Å². The predicted molar refractivity (Wildman–Crippen MR) is 78.5 cm³/mol. The van der Waals surface area contributed by atoms with Crippen LogP contribution in [0, 0.1) is 0 Å². The molecule has 3 heteroatoms. The molecule has 0 fully saturated rings. The zero-order valence-electron chi connectivity index (χ0n) is 11.4. The second kappa shape index (κ2) is 5.49. The van der Waals surface area contributed by atoms with Crippen molar-refractivity contribution in [1.29, 1.82) is 0 Å². The van der Waals surface area contributed by atoms with Crippen molar-refractivity contribution >= 4 is 5.76 Å². The fourth-order valence-electron chi connectivity index (χ4n) is 2.63. The van der Waals surface area contributed by atoms with Gasteiger partial charge < -0.3 is 9.94 Å². The van der Waals surface area contributed by atoms with Crippen LogP contribution in [0.25, 0.3) is 5.76 Å². The van der Waals surface area contributed by atoms with Crippen LogP contribution < -0.4 is 0 Å². The summed E-state index contributed by atoms with van der Waals surface area (Å²) in [4.78, 5) is 5.87. The molecule has 2 aromatic carbocycles. The van der Waals surface area contributed by atoms with E-state index in [4.69, 9.17) is 4.84 Å². The summed E-state index contributed by atoms with van der Waals surface area (Å²) in [7, 11) is 1.89. The van der Waals surface area contributed by atoms with Gasteiger partial charge in [0.1, 0.15) is 0 Å². The quantitative estimate of drug-likeness (QED) is 0.928. The van der Waals surface area contributed by atoms with Crippen LogP contribution in [0.15, 0.2) is 66.2 Å². The van der Waals surface area contributed by atoms with Gasteiger partial charge >= 0.3 is 0 Å². The Labute approximate surface area is 118 Å². The average molecular weight is 267 g/mol. The Morgan fingerprint density at radius 2 is 1.60 bits per heavy atom. The van der Waals surface area contributed by atoms with Gasteiger partial charge in [-0.05, 0) is 5.56 Å². The maximum atomic E-state index is 9.78. The molecule has 1 N–H and O–H groups in total. The molecule has 1 atom stereocenters. The molecular weight excluding hydrogens is 250 g/mol. The number of likely N-dealkylation sites (N-methyl/N-ethyl adjacent to an activating group) is 1. The van der Waals surface area contributed by atoms with Crippen molar-refractivity contribution in [3.05, 3.63) is 77.4 Å². The number of hydrogen-bond donors (Lipinski definition) is 1. The Morgan fingerprint density at radius 1 is 1.00 bits per heavy atom. The number of benzene rings is 2. The predicted octanol–water partition coefficient (Wildman–Crippen LogP) is 3.01. The smallest absolute Gasteiger partial charge is 0.158 e. The van der Waals surface area contributed by atoms with Crippen molar-refractivity contribution in [2.24, 2.45) is 0 Å². The van der Waals surface area contributed by atoms with Crippen LogP contribution in [0.2, 0.25) is 0 Å². The number of aliphatic hydroxyl groups is 1. The molecule has 102 valence electrons. The topological polar surface area (TPSA) is 32.7 Å². The standard InChI is InChI=1S/C17H17NO2/c1-18-16(13-8-4-2-5-9-13)15(12-19)17(20-18)14-10-6-3-7-11-14/h2-11,16,19H,12H2,1H3/t16-/m1/s1. The first-order valence-corrected chi connectivity index (χ1v) is 6.66. The molecule has 0 amide bonds. The molecule has 1 aliphatic rings. The van der Waals surface area contributed by atoms with Crippen molar-refractivity contribution in [3.8, 4) is 0 Å². The molecule has 1 heterocycles. The van der Waals surface area contributed by atoms with Crippen LogP contribution in [0.4, 0.5) is 0 Å². The fourth-order valence-corrected chi connectivity index (χ4v) is 2.63. The Kier molecular flexibility index (Phi) is 3.54. The molecule has 0 saturated heterocycles. The van der Waals surface area contributed by atoms with Crippen molar-refractivity contribution in [2.45, 2.75) is 6.04 Å². The Bertz CT molecular complexity index is 607. The van der Waals surface area contributed by atoms with Crippen LogP contribution in [0.5, 0.6) is 0 Å². The van der Waals surface area contributed by atoms with Gasteiger partial charge in [-0.3, -0.25) is 0 Å². The molecule has 0 aromatic heterocycles. The largest absolute Gasteiger partial charge is 0.405 e. The van der Waals surface area contributed by atoms with Gasteiger partial charge in [0.2, 0.25) is 0 Å². The number of hydroxylamine groups is 2. The zero-order chi connectivity index (χ0) is 13.9. The highest BCUT2D eigenvalue weighted by Gasteiger charge is 2.33. The lowest BCUT2D eigenvalue weighted by atomic mass is 9.97. The third-order valence-corrected chi connectivity index (χ3v) is 3.54. The third kappa shape index (κ3) is 2.22. The number of aliphatic hydroxyl groups excluding tert-OH is 1. The van der Waals surface area contributed by atoms with Crippen molar-refractivity contribution in [2.75, 3.05) is 13.7 Å². The Hall–Kier alpha value is -2.10. The lowest BCUT2D eigenvalue weighted by Crippen LogP contribution is -2.20. The van der Waals surface area contributed by atoms with E-state index >= 15 is 0 Å². The first-order chi connectivity index (χ1) is 9.81. The molecule has 0 radical (unpaired) electrons. The fraction of sp³-hybridized carbons (Fsp3) is 0.176. The van der Waals surface area contributed by atoms with Crippen LogP contribution in [-0.2, 0) is 4.84 Å². The summed E-state index contributed by atoms with van der Waals surface area (Å²) in [6.45, 7) is -0.0197. The van der Waals surface area contributed by atoms with Gasteiger partial charge in [0, 0.05) is 18.2 Å². The average Bonchev–Trinajstić information content (AvgIpc) is 2.85. The first-order valence-electron chi connectivity index (χ1n) is 6.66. The van der Waals surface area contributed by atoms with E-state index in [1.165, 1.54) is 0 Å². The lowest BCUT2D eigenvalue weighted by Gasteiger charge is -2.20. The highest BCUT2D eigenvalue weighted by Crippen LogP contribution is 2.40. The summed E-state index contributed by atoms with van der Waals surface area (Å²) in [6, 6.07) is 19.9. The minimum absolute atomic E-state index is 0.0197. The Morgan fingerprint density at radius 3 is 2.20 bits per heavy atom. The van der Waals surface area contributed by atoms with Gasteiger partial charge in [0.05, 0.1) is 12.6 Å². The lowest BCUT2D eigenvalue weighted by molar-refractivity contribution is -0.0680. The molecule has 20 heavy (non-hydrogen) atoms. The third-order valence-electron chi connectivity index (χ3n) is 3.54. The molecule has 0 bridgehead atoms. The van der Waals surface area contributed by atoms with Crippen molar-refractivity contribution in [1.82, 2.24) is 5.06 Å². The summed E-state index contributed by atoms with van der Waals surface area (Å²) in [5.74, 6) is 0.754. The van der Waals surface area contributed by atoms with E-state index in [1.54, 1.807) is 5.06 Å². The second-order valence-electron chi connectivity index (χ2n) is 4.83. The van der Waals surface area contributed by atoms with Gasteiger partial charge in [-0.2, -0.15) is 0 Å². The first kappa shape index (κ1) is 12.9. The minimum Gasteiger partial charge on any atom is -0.405 e. The highest BCUT2D eigenvalue weighted by molar-refractivity contribution is 5.66. The second-order valence-corrected chi connectivity index (χ2v) is 4.83. The van der Waals surface area contributed by atoms with Crippen LogP contribution >= 0.6 is 0 Å². The Balaban J connectivity index is 2.06. The summed E-state index contributed by atoms with van der Waals surface area (Å²) in [5, 5.41) is 11.6. The normalized spacial score (nSPS) is 19.2. The van der Waals surface area contributed by atoms with E-state index in [0.29, 0.717) is 0 Å². The number of hydrogen-bond acceptors (Lipinski definition) is 3. The maximum Gasteiger partial charge on any atom is 0.158 e. The molecule has 0 aliphatic carbocycles. The molecular formula is C17H17NO2. The zero-order valence-corrected chi connectivity index (χ0v) is 11.4. The molecule has 0 spiro atoms. The SMILES string of the molecule is CN1OC(c2ccccc2)=C(CO)[C@H]1c1ccccc1. The van der Waals surface area contributed by atoms with Crippen LogP contribution in [-0.4, -0.2) is 23.8 Å². The minimum atomic E-state index is -0.0450. The molecule has 2 aromatic rings. The summed E-state index contributed by atoms with van der Waals surface area (Å²) in [5.41, 5.74) is 3.00. The van der Waals surface area contributed by atoms with Gasteiger partial charge in [0.15, 0.2) is 5.76 Å². The molecule has 3 rings (SSSR count). The van der Waals surface area contributed by atoms with Gasteiger partial charge in [-0.15, -0.1) is 5.06 Å². The van der Waals surface area contributed by atoms with E-state index in [1.807, 2.05) is 67.7 Å². The van der Waals surface area contributed by atoms with Crippen molar-refractivity contribution in [3.63, 3.8) is 0 Å². The number of nitrogens with zero attached hydrogens (tertiary/aromatic N) is 1. The van der Waals surface area contributed by atoms with Gasteiger partial charge in [0.25, 0.3) is 0 Å². The van der Waals surface area contributed by atoms with Crippen molar-refractivity contribution < 1.29 is 9.94 Å². The monoisotopic (exact) mass is 267 g/mol. The molecule has 3 nitrogen and oxygen atoms in total. The van der Waals surface area contributed by atoms with E-state index in [9.17, 15) is 5.11 Å². The van der Waals surface area contributed by atoms with Gasteiger partial charge in [-0.25, -0.2) is 0 Å². The number of rotatable bonds is 3. The van der Waals surface area contributed by atoms with E-state index in [-0.39, 0.29) is 12.6 Å². The van der Waals surface area contributed by atoms with E-state index < -0.39 is 0 Å². The van der Waals surface area contributed by atoms with Gasteiger partial charge in [-0.1, -0.05) is 60.7 Å². The summed E-state index contributed by atoms with van der Waals surface area (Å²) < 4.78 is 0. The summed E-state index contributed by atoms with van der Waals surface area (Å²) >= 11 is 0. The highest BCUT2D eigenvalue weighted by atomic mass is 16.7.